The molecule has 1 heterocycles. The third kappa shape index (κ3) is 5.59. The van der Waals surface area contributed by atoms with Crippen LogP contribution in [0.4, 0.5) is 13.2 Å². The van der Waals surface area contributed by atoms with Gasteiger partial charge < -0.3 is 9.32 Å². The summed E-state index contributed by atoms with van der Waals surface area (Å²) in [6.07, 6.45) is -5.09. The maximum absolute atomic E-state index is 12.8. The second kappa shape index (κ2) is 8.37. The van der Waals surface area contributed by atoms with Gasteiger partial charge in [-0.3, -0.25) is 4.79 Å². The lowest BCUT2D eigenvalue weighted by molar-refractivity contribution is -0.127. The summed E-state index contributed by atoms with van der Waals surface area (Å²) in [6, 6.07) is 5.88. The summed E-state index contributed by atoms with van der Waals surface area (Å²) in [5.41, 5.74) is 0.788. The molecule has 0 atom stereocenters. The van der Waals surface area contributed by atoms with Crippen LogP contribution in [-0.2, 0) is 18.3 Å². The summed E-state index contributed by atoms with van der Waals surface area (Å²) in [7, 11) is 0. The molecule has 4 nitrogen and oxygen atoms in total. The van der Waals surface area contributed by atoms with Crippen molar-refractivity contribution in [1.82, 2.24) is 9.88 Å². The first-order valence-corrected chi connectivity index (χ1v) is 9.33. The number of carbonyl (C=O) groups is 1. The molecule has 2 rings (SSSR count). The number of alkyl halides is 3. The molecule has 0 bridgehead atoms. The molecule has 28 heavy (non-hydrogen) atoms. The number of oxazole rings is 1. The molecule has 0 radical (unpaired) electrons. The van der Waals surface area contributed by atoms with E-state index in [9.17, 15) is 18.0 Å². The highest BCUT2D eigenvalue weighted by Crippen LogP contribution is 2.26. The number of aromatic nitrogens is 1. The summed E-state index contributed by atoms with van der Waals surface area (Å²) in [5.74, 6) is 0.853. The van der Waals surface area contributed by atoms with Gasteiger partial charge in [-0.2, -0.15) is 13.2 Å². The molecule has 0 saturated carbocycles. The monoisotopic (exact) mass is 396 g/mol. The SMILES string of the molecule is CCN(CCc1nc(C(C)(C)C)c(C)o1)C(=O)c1ccccc1CC(F)(F)F. The number of rotatable bonds is 6. The third-order valence-electron chi connectivity index (χ3n) is 4.45. The number of amides is 1. The number of benzene rings is 1. The van der Waals surface area contributed by atoms with E-state index in [4.69, 9.17) is 4.42 Å². The summed E-state index contributed by atoms with van der Waals surface area (Å²) < 4.78 is 44.2. The van der Waals surface area contributed by atoms with E-state index in [0.717, 1.165) is 11.5 Å². The van der Waals surface area contributed by atoms with Crippen LogP contribution in [0.15, 0.2) is 28.7 Å². The molecule has 0 aliphatic rings. The Bertz CT molecular complexity index is 820. The lowest BCUT2D eigenvalue weighted by Crippen LogP contribution is -2.33. The highest BCUT2D eigenvalue weighted by molar-refractivity contribution is 5.95. The first-order valence-electron chi connectivity index (χ1n) is 9.33. The fourth-order valence-corrected chi connectivity index (χ4v) is 3.16. The number of nitrogens with zero attached hydrogens (tertiary/aromatic N) is 2. The van der Waals surface area contributed by atoms with Gasteiger partial charge in [0.1, 0.15) is 5.76 Å². The second-order valence-corrected chi connectivity index (χ2v) is 7.85. The van der Waals surface area contributed by atoms with Crippen LogP contribution < -0.4 is 0 Å². The molecule has 1 aromatic heterocycles. The van der Waals surface area contributed by atoms with E-state index >= 15 is 0 Å². The van der Waals surface area contributed by atoms with Crippen molar-refractivity contribution in [1.29, 1.82) is 0 Å². The molecule has 1 aromatic carbocycles. The standard InChI is InChI=1S/C21H27F3N2O2/c1-6-26(12-11-17-25-18(14(2)28-17)20(3,4)5)19(27)16-10-8-7-9-15(16)13-21(22,23)24/h7-10H,6,11-13H2,1-5H3. The van der Waals surface area contributed by atoms with Crippen molar-refractivity contribution < 1.29 is 22.4 Å². The predicted octanol–water partition coefficient (Wildman–Crippen LogP) is 5.09. The summed E-state index contributed by atoms with van der Waals surface area (Å²) in [6.45, 7) is 10.5. The van der Waals surface area contributed by atoms with Gasteiger partial charge in [0.25, 0.3) is 5.91 Å². The minimum atomic E-state index is -4.37. The minimum absolute atomic E-state index is 0.0135. The summed E-state index contributed by atoms with van der Waals surface area (Å²) >= 11 is 0. The van der Waals surface area contributed by atoms with Gasteiger partial charge in [-0.1, -0.05) is 39.0 Å². The molecule has 7 heteroatoms. The molecule has 0 N–H and O–H groups in total. The van der Waals surface area contributed by atoms with Crippen molar-refractivity contribution in [2.75, 3.05) is 13.1 Å². The lowest BCUT2D eigenvalue weighted by atomic mass is 9.91. The van der Waals surface area contributed by atoms with Crippen molar-refractivity contribution in [3.63, 3.8) is 0 Å². The average molecular weight is 396 g/mol. The van der Waals surface area contributed by atoms with E-state index < -0.39 is 18.5 Å². The van der Waals surface area contributed by atoms with Crippen LogP contribution in [0.1, 0.15) is 61.0 Å². The Balaban J connectivity index is 2.15. The Labute approximate surface area is 163 Å². The zero-order valence-corrected chi connectivity index (χ0v) is 17.0. The highest BCUT2D eigenvalue weighted by atomic mass is 19.4. The first kappa shape index (κ1) is 22.0. The second-order valence-electron chi connectivity index (χ2n) is 7.85. The molecule has 154 valence electrons. The van der Waals surface area contributed by atoms with Crippen molar-refractivity contribution in [2.24, 2.45) is 0 Å². The van der Waals surface area contributed by atoms with Crippen molar-refractivity contribution in [3.8, 4) is 0 Å². The van der Waals surface area contributed by atoms with Gasteiger partial charge in [0, 0.05) is 30.5 Å². The summed E-state index contributed by atoms with van der Waals surface area (Å²) in [4.78, 5) is 18.9. The highest BCUT2D eigenvalue weighted by Gasteiger charge is 2.30. The van der Waals surface area contributed by atoms with Gasteiger partial charge in [0.2, 0.25) is 0 Å². The first-order chi connectivity index (χ1) is 12.9. The Hall–Kier alpha value is -2.31. The van der Waals surface area contributed by atoms with Crippen LogP contribution in [0.2, 0.25) is 0 Å². The largest absolute Gasteiger partial charge is 0.446 e. The van der Waals surface area contributed by atoms with Crippen molar-refractivity contribution in [3.05, 3.63) is 52.7 Å². The molecule has 2 aromatic rings. The zero-order chi connectivity index (χ0) is 21.1. The third-order valence-corrected chi connectivity index (χ3v) is 4.45. The fourth-order valence-electron chi connectivity index (χ4n) is 3.16. The van der Waals surface area contributed by atoms with E-state index in [1.54, 1.807) is 13.0 Å². The van der Waals surface area contributed by atoms with Gasteiger partial charge in [-0.25, -0.2) is 4.98 Å². The molecule has 1 amide bonds. The van der Waals surface area contributed by atoms with Crippen molar-refractivity contribution >= 4 is 5.91 Å². The van der Waals surface area contributed by atoms with Gasteiger partial charge in [0.15, 0.2) is 5.89 Å². The van der Waals surface area contributed by atoms with E-state index in [1.165, 1.54) is 23.1 Å². The maximum atomic E-state index is 12.8. The smallest absolute Gasteiger partial charge is 0.393 e. The molecular weight excluding hydrogens is 369 g/mol. The Morgan fingerprint density at radius 3 is 2.36 bits per heavy atom. The van der Waals surface area contributed by atoms with E-state index in [2.05, 4.69) is 4.98 Å². The molecule has 0 aliphatic carbocycles. The molecule has 0 aliphatic heterocycles. The summed E-state index contributed by atoms with van der Waals surface area (Å²) in [5, 5.41) is 0. The molecule has 0 saturated heterocycles. The topological polar surface area (TPSA) is 46.3 Å². The zero-order valence-electron chi connectivity index (χ0n) is 17.0. The number of halogens is 3. The van der Waals surface area contributed by atoms with Gasteiger partial charge in [-0.15, -0.1) is 0 Å². The van der Waals surface area contributed by atoms with Crippen LogP contribution in [0.5, 0.6) is 0 Å². The predicted molar refractivity (Wildman–Crippen MR) is 101 cm³/mol. The van der Waals surface area contributed by atoms with Crippen LogP contribution >= 0.6 is 0 Å². The van der Waals surface area contributed by atoms with E-state index in [-0.39, 0.29) is 16.5 Å². The van der Waals surface area contributed by atoms with Gasteiger partial charge >= 0.3 is 6.18 Å². The van der Waals surface area contributed by atoms with Gasteiger partial charge in [0.05, 0.1) is 12.1 Å². The molecule has 0 fully saturated rings. The molecular formula is C21H27F3N2O2. The minimum Gasteiger partial charge on any atom is -0.446 e. The van der Waals surface area contributed by atoms with Crippen molar-refractivity contribution in [2.45, 2.75) is 59.1 Å². The number of aryl methyl sites for hydroxylation is 1. The Morgan fingerprint density at radius 2 is 1.82 bits per heavy atom. The maximum Gasteiger partial charge on any atom is 0.393 e. The van der Waals surface area contributed by atoms with Crippen LogP contribution in [-0.4, -0.2) is 35.1 Å². The lowest BCUT2D eigenvalue weighted by Gasteiger charge is -2.22. The van der Waals surface area contributed by atoms with Crippen LogP contribution in [0.25, 0.3) is 0 Å². The number of hydrogen-bond donors (Lipinski definition) is 0. The van der Waals surface area contributed by atoms with Crippen LogP contribution in [0.3, 0.4) is 0 Å². The Kier molecular flexibility index (Phi) is 6.57. The Morgan fingerprint density at radius 1 is 1.18 bits per heavy atom. The van der Waals surface area contributed by atoms with E-state index in [0.29, 0.717) is 25.4 Å². The quantitative estimate of drug-likeness (QED) is 0.683. The normalized spacial score (nSPS) is 12.3. The number of carbonyl (C=O) groups excluding carboxylic acids is 1. The molecule has 0 unspecified atom stereocenters. The molecule has 0 spiro atoms. The van der Waals surface area contributed by atoms with Gasteiger partial charge in [-0.05, 0) is 25.5 Å². The average Bonchev–Trinajstić information content (AvgIpc) is 2.95. The number of likely N-dealkylation sites (N-methyl/N-ethyl adjacent to an activating group) is 1. The van der Waals surface area contributed by atoms with E-state index in [1.807, 2.05) is 27.7 Å². The van der Waals surface area contributed by atoms with Crippen LogP contribution in [0, 0.1) is 6.92 Å². The fraction of sp³-hybridized carbons (Fsp3) is 0.524. The number of hydrogen-bond acceptors (Lipinski definition) is 3.